The summed E-state index contributed by atoms with van der Waals surface area (Å²) in [6, 6.07) is 15.3. The van der Waals surface area contributed by atoms with Crippen molar-refractivity contribution in [2.24, 2.45) is 5.73 Å². The lowest BCUT2D eigenvalue weighted by Gasteiger charge is -2.10. The van der Waals surface area contributed by atoms with Crippen molar-refractivity contribution in [1.29, 1.82) is 0 Å². The van der Waals surface area contributed by atoms with Gasteiger partial charge in [0.2, 0.25) is 0 Å². The zero-order valence-electron chi connectivity index (χ0n) is 10.9. The highest BCUT2D eigenvalue weighted by Crippen LogP contribution is 2.39. The summed E-state index contributed by atoms with van der Waals surface area (Å²) in [6.45, 7) is 0. The van der Waals surface area contributed by atoms with E-state index in [0.717, 1.165) is 4.90 Å². The molecule has 103 valence electrons. The van der Waals surface area contributed by atoms with Crippen molar-refractivity contribution in [3.8, 4) is 0 Å². The van der Waals surface area contributed by atoms with E-state index in [1.165, 1.54) is 0 Å². The van der Waals surface area contributed by atoms with Crippen LogP contribution in [0.5, 0.6) is 0 Å². The minimum atomic E-state index is -0.886. The number of urea groups is 1. The molecule has 2 aromatic carbocycles. The molecule has 2 aromatic rings. The first kappa shape index (κ1) is 12.9. The third-order valence-corrected chi connectivity index (χ3v) is 3.27. The number of hydrogen-bond donors (Lipinski definition) is 2. The summed E-state index contributed by atoms with van der Waals surface area (Å²) >= 11 is 0. The minimum absolute atomic E-state index is 0.0480. The monoisotopic (exact) mass is 279 g/mol. The van der Waals surface area contributed by atoms with Gasteiger partial charge in [0.1, 0.15) is 5.76 Å². The highest BCUT2D eigenvalue weighted by atomic mass is 16.3. The number of carbonyl (C=O) groups is 2. The van der Waals surface area contributed by atoms with E-state index < -0.39 is 11.9 Å². The normalized spacial score (nSPS) is 15.8. The molecule has 0 aliphatic carbocycles. The quantitative estimate of drug-likeness (QED) is 0.620. The molecule has 5 heteroatoms. The lowest BCUT2D eigenvalue weighted by molar-refractivity contribution is -0.112. The van der Waals surface area contributed by atoms with Gasteiger partial charge in [-0.15, -0.1) is 0 Å². The number of aliphatic hydroxyl groups is 1. The molecule has 21 heavy (non-hydrogen) atoms. The summed E-state index contributed by atoms with van der Waals surface area (Å²) in [5, 5.41) is 10.4. The van der Waals surface area contributed by atoms with Crippen molar-refractivity contribution in [3.63, 3.8) is 0 Å². The van der Waals surface area contributed by atoms with Crippen molar-refractivity contribution < 1.29 is 14.7 Å². The van der Waals surface area contributed by atoms with E-state index in [0.29, 0.717) is 16.8 Å². The SMILES string of the molecule is NC(=O)N1C(=O)/C(=C(\O)c2ccccc2)c2c[c]ccc21. The average Bonchev–Trinajstić information content (AvgIpc) is 2.79. The summed E-state index contributed by atoms with van der Waals surface area (Å²) < 4.78 is 0. The Labute approximate surface area is 120 Å². The summed E-state index contributed by atoms with van der Waals surface area (Å²) in [7, 11) is 0. The van der Waals surface area contributed by atoms with Gasteiger partial charge in [-0.3, -0.25) is 4.79 Å². The number of nitrogens with two attached hydrogens (primary N) is 1. The number of hydrogen-bond acceptors (Lipinski definition) is 3. The molecule has 0 unspecified atom stereocenters. The van der Waals surface area contributed by atoms with Crippen molar-refractivity contribution >= 4 is 29.0 Å². The average molecular weight is 279 g/mol. The molecular weight excluding hydrogens is 268 g/mol. The van der Waals surface area contributed by atoms with Crippen LogP contribution in [0.15, 0.2) is 48.5 Å². The van der Waals surface area contributed by atoms with E-state index in [2.05, 4.69) is 6.07 Å². The smallest absolute Gasteiger partial charge is 0.326 e. The Morgan fingerprint density at radius 1 is 1.19 bits per heavy atom. The van der Waals surface area contributed by atoms with Crippen LogP contribution < -0.4 is 10.6 Å². The fourth-order valence-corrected chi connectivity index (χ4v) is 2.34. The number of rotatable bonds is 1. The number of nitrogens with zero attached hydrogens (tertiary/aromatic N) is 1. The Balaban J connectivity index is 2.25. The van der Waals surface area contributed by atoms with Crippen LogP contribution >= 0.6 is 0 Å². The number of benzene rings is 2. The summed E-state index contributed by atoms with van der Waals surface area (Å²) in [4.78, 5) is 24.7. The van der Waals surface area contributed by atoms with Crippen molar-refractivity contribution in [1.82, 2.24) is 0 Å². The molecule has 3 amide bonds. The number of fused-ring (bicyclic) bond motifs is 1. The molecule has 1 radical (unpaired) electrons. The zero-order valence-corrected chi connectivity index (χ0v) is 10.9. The molecule has 0 atom stereocenters. The molecule has 1 aliphatic heterocycles. The summed E-state index contributed by atoms with van der Waals surface area (Å²) in [5.74, 6) is -0.830. The Morgan fingerprint density at radius 2 is 1.90 bits per heavy atom. The van der Waals surface area contributed by atoms with Gasteiger partial charge in [-0.05, 0) is 18.2 Å². The van der Waals surface area contributed by atoms with Crippen LogP contribution in [0.1, 0.15) is 11.1 Å². The van der Waals surface area contributed by atoms with Crippen LogP contribution in [0.2, 0.25) is 0 Å². The molecule has 0 aromatic heterocycles. The Hall–Kier alpha value is -3.08. The number of primary amides is 1. The predicted octanol–water partition coefficient (Wildman–Crippen LogP) is 2.34. The van der Waals surface area contributed by atoms with Crippen LogP contribution in [-0.2, 0) is 4.79 Å². The third-order valence-electron chi connectivity index (χ3n) is 3.27. The molecule has 0 spiro atoms. The second-order valence-electron chi connectivity index (χ2n) is 4.51. The van der Waals surface area contributed by atoms with Crippen molar-refractivity contribution in [2.75, 3.05) is 4.90 Å². The van der Waals surface area contributed by atoms with E-state index in [-0.39, 0.29) is 11.3 Å². The van der Waals surface area contributed by atoms with Crippen molar-refractivity contribution in [3.05, 3.63) is 65.7 Å². The molecule has 0 fully saturated rings. The van der Waals surface area contributed by atoms with Gasteiger partial charge in [0.25, 0.3) is 5.91 Å². The first-order chi connectivity index (χ1) is 10.1. The van der Waals surface area contributed by atoms with E-state index in [1.807, 2.05) is 0 Å². The second-order valence-corrected chi connectivity index (χ2v) is 4.51. The first-order valence-electron chi connectivity index (χ1n) is 6.24. The molecule has 3 rings (SSSR count). The molecular formula is C16H11N2O3. The van der Waals surface area contributed by atoms with Gasteiger partial charge in [0, 0.05) is 11.1 Å². The molecule has 5 nitrogen and oxygen atoms in total. The van der Waals surface area contributed by atoms with E-state index in [4.69, 9.17) is 5.73 Å². The van der Waals surface area contributed by atoms with Gasteiger partial charge in [0.05, 0.1) is 11.3 Å². The number of anilines is 1. The van der Waals surface area contributed by atoms with Crippen LogP contribution in [0, 0.1) is 6.07 Å². The number of imide groups is 1. The fourth-order valence-electron chi connectivity index (χ4n) is 2.34. The number of aliphatic hydroxyl groups excluding tert-OH is 1. The minimum Gasteiger partial charge on any atom is -0.506 e. The van der Waals surface area contributed by atoms with E-state index in [9.17, 15) is 14.7 Å². The van der Waals surface area contributed by atoms with Gasteiger partial charge < -0.3 is 10.8 Å². The van der Waals surface area contributed by atoms with E-state index >= 15 is 0 Å². The van der Waals surface area contributed by atoms with Gasteiger partial charge >= 0.3 is 6.03 Å². The molecule has 1 heterocycles. The Morgan fingerprint density at radius 3 is 2.57 bits per heavy atom. The third kappa shape index (κ3) is 1.95. The molecule has 0 bridgehead atoms. The molecule has 1 aliphatic rings. The lowest BCUT2D eigenvalue weighted by atomic mass is 10.0. The topological polar surface area (TPSA) is 83.6 Å². The lowest BCUT2D eigenvalue weighted by Crippen LogP contribution is -2.37. The largest absolute Gasteiger partial charge is 0.506 e. The van der Waals surface area contributed by atoms with Gasteiger partial charge in [0.15, 0.2) is 0 Å². The Kier molecular flexibility index (Phi) is 2.95. The Bertz CT molecular complexity index is 766. The van der Waals surface area contributed by atoms with Crippen LogP contribution in [0.4, 0.5) is 10.5 Å². The van der Waals surface area contributed by atoms with Crippen LogP contribution in [0.3, 0.4) is 0 Å². The van der Waals surface area contributed by atoms with Crippen molar-refractivity contribution in [2.45, 2.75) is 0 Å². The maximum absolute atomic E-state index is 12.4. The maximum atomic E-state index is 12.4. The van der Waals surface area contributed by atoms with Gasteiger partial charge in [-0.1, -0.05) is 36.4 Å². The summed E-state index contributed by atoms with van der Waals surface area (Å²) in [5.41, 5.74) is 6.58. The van der Waals surface area contributed by atoms with Crippen LogP contribution in [-0.4, -0.2) is 17.0 Å². The number of carbonyl (C=O) groups excluding carboxylic acids is 2. The second kappa shape index (κ2) is 4.79. The first-order valence-corrected chi connectivity index (χ1v) is 6.24. The highest BCUT2D eigenvalue weighted by Gasteiger charge is 2.37. The molecule has 3 N–H and O–H groups in total. The molecule has 0 saturated heterocycles. The predicted molar refractivity (Wildman–Crippen MR) is 78.2 cm³/mol. The molecule has 0 saturated carbocycles. The highest BCUT2D eigenvalue weighted by molar-refractivity contribution is 6.42. The zero-order chi connectivity index (χ0) is 15.0. The van der Waals surface area contributed by atoms with Gasteiger partial charge in [-0.2, -0.15) is 0 Å². The van der Waals surface area contributed by atoms with Crippen LogP contribution in [0.25, 0.3) is 11.3 Å². The van der Waals surface area contributed by atoms with Gasteiger partial charge in [-0.25, -0.2) is 9.69 Å². The van der Waals surface area contributed by atoms with E-state index in [1.54, 1.807) is 48.5 Å². The maximum Gasteiger partial charge on any atom is 0.326 e. The summed E-state index contributed by atoms with van der Waals surface area (Å²) in [6.07, 6.45) is 0. The standard InChI is InChI=1S/C16H11N2O3/c17-16(21)18-12-9-5-4-8-11(12)13(15(18)20)14(19)10-6-2-1-3-7-10/h1-3,5-9,19H,(H2,17,21)/b14-13-. The number of amides is 3. The fraction of sp³-hybridized carbons (Fsp3) is 0.